The van der Waals surface area contributed by atoms with Gasteiger partial charge >= 0.3 is 0 Å². The van der Waals surface area contributed by atoms with Crippen LogP contribution in [0.1, 0.15) is 23.9 Å². The molecule has 0 aliphatic carbocycles. The van der Waals surface area contributed by atoms with Crippen molar-refractivity contribution in [3.63, 3.8) is 0 Å². The number of imidazole rings is 1. The van der Waals surface area contributed by atoms with Crippen LogP contribution in [0.2, 0.25) is 0 Å². The fourth-order valence-corrected chi connectivity index (χ4v) is 3.96. The second kappa shape index (κ2) is 8.73. The van der Waals surface area contributed by atoms with Crippen molar-refractivity contribution in [2.45, 2.75) is 18.5 Å². The van der Waals surface area contributed by atoms with Gasteiger partial charge in [0.05, 0.1) is 25.9 Å². The van der Waals surface area contributed by atoms with Crippen molar-refractivity contribution < 1.29 is 9.47 Å². The molecule has 0 aromatic carbocycles. The summed E-state index contributed by atoms with van der Waals surface area (Å²) in [6.45, 7) is 6.22. The molecular weight excluding hydrogens is 330 g/mol. The number of aromatic amines is 1. The van der Waals surface area contributed by atoms with Crippen molar-refractivity contribution in [2.24, 2.45) is 5.92 Å². The average molecular weight is 357 g/mol. The molecule has 2 fully saturated rings. The van der Waals surface area contributed by atoms with Crippen molar-refractivity contribution in [2.75, 3.05) is 46.1 Å². The lowest BCUT2D eigenvalue weighted by atomic mass is 9.96. The Bertz CT molecular complexity index is 639. The number of pyridine rings is 1. The SMILES string of the molecule is c1cc([C@H](NC[C@@H]([C@H]2CCOC2)N2CCOCC2)c2ncc[nH]2)ccn1. The third-order valence-corrected chi connectivity index (χ3v) is 5.39. The largest absolute Gasteiger partial charge is 0.381 e. The molecule has 2 aliphatic heterocycles. The van der Waals surface area contributed by atoms with Crippen LogP contribution >= 0.6 is 0 Å². The van der Waals surface area contributed by atoms with Crippen LogP contribution in [0.15, 0.2) is 36.9 Å². The summed E-state index contributed by atoms with van der Waals surface area (Å²) in [6, 6.07) is 4.56. The molecule has 0 unspecified atom stereocenters. The zero-order chi connectivity index (χ0) is 17.6. The molecule has 140 valence electrons. The smallest absolute Gasteiger partial charge is 0.127 e. The van der Waals surface area contributed by atoms with Crippen LogP contribution in [0.4, 0.5) is 0 Å². The Hall–Kier alpha value is -1.80. The molecule has 2 aromatic heterocycles. The van der Waals surface area contributed by atoms with Gasteiger partial charge in [0.25, 0.3) is 0 Å². The van der Waals surface area contributed by atoms with Gasteiger partial charge in [-0.05, 0) is 24.1 Å². The first-order valence-corrected chi connectivity index (χ1v) is 9.44. The zero-order valence-electron chi connectivity index (χ0n) is 15.0. The van der Waals surface area contributed by atoms with E-state index in [2.05, 4.69) is 25.2 Å². The predicted octanol–water partition coefficient (Wildman–Crippen LogP) is 1.22. The quantitative estimate of drug-likeness (QED) is 0.776. The van der Waals surface area contributed by atoms with Crippen LogP contribution in [-0.2, 0) is 9.47 Å². The monoisotopic (exact) mass is 357 g/mol. The third kappa shape index (κ3) is 4.12. The Morgan fingerprint density at radius 3 is 2.69 bits per heavy atom. The fourth-order valence-electron chi connectivity index (χ4n) is 3.96. The van der Waals surface area contributed by atoms with E-state index in [1.54, 1.807) is 6.20 Å². The minimum Gasteiger partial charge on any atom is -0.381 e. The number of rotatable bonds is 7. The molecule has 7 nitrogen and oxygen atoms in total. The van der Waals surface area contributed by atoms with E-state index in [1.165, 1.54) is 5.56 Å². The molecule has 0 bridgehead atoms. The number of morpholine rings is 1. The van der Waals surface area contributed by atoms with Gasteiger partial charge in [0, 0.05) is 63.0 Å². The summed E-state index contributed by atoms with van der Waals surface area (Å²) in [6.07, 6.45) is 8.46. The van der Waals surface area contributed by atoms with Crippen LogP contribution in [0.3, 0.4) is 0 Å². The molecule has 26 heavy (non-hydrogen) atoms. The first-order chi connectivity index (χ1) is 12.9. The molecule has 4 heterocycles. The summed E-state index contributed by atoms with van der Waals surface area (Å²) in [5.41, 5.74) is 1.17. The summed E-state index contributed by atoms with van der Waals surface area (Å²) in [7, 11) is 0. The van der Waals surface area contributed by atoms with Gasteiger partial charge in [-0.2, -0.15) is 0 Å². The van der Waals surface area contributed by atoms with Crippen molar-refractivity contribution in [1.29, 1.82) is 0 Å². The van der Waals surface area contributed by atoms with Crippen molar-refractivity contribution in [3.8, 4) is 0 Å². The van der Waals surface area contributed by atoms with E-state index in [0.29, 0.717) is 12.0 Å². The first kappa shape index (κ1) is 17.6. The van der Waals surface area contributed by atoms with Crippen LogP contribution in [0.5, 0.6) is 0 Å². The summed E-state index contributed by atoms with van der Waals surface area (Å²) in [5, 5.41) is 3.75. The Kier molecular flexibility index (Phi) is 5.91. The molecule has 0 amide bonds. The Labute approximate surface area is 154 Å². The van der Waals surface area contributed by atoms with Gasteiger partial charge in [0.2, 0.25) is 0 Å². The van der Waals surface area contributed by atoms with Crippen LogP contribution in [0, 0.1) is 5.92 Å². The predicted molar refractivity (Wildman–Crippen MR) is 97.8 cm³/mol. The number of H-pyrrole nitrogens is 1. The summed E-state index contributed by atoms with van der Waals surface area (Å²) < 4.78 is 11.2. The van der Waals surface area contributed by atoms with Gasteiger partial charge in [0.15, 0.2) is 0 Å². The van der Waals surface area contributed by atoms with E-state index in [4.69, 9.17) is 9.47 Å². The van der Waals surface area contributed by atoms with E-state index in [-0.39, 0.29) is 6.04 Å². The van der Waals surface area contributed by atoms with Gasteiger partial charge < -0.3 is 19.8 Å². The fraction of sp³-hybridized carbons (Fsp3) is 0.579. The van der Waals surface area contributed by atoms with Gasteiger partial charge in [0.1, 0.15) is 5.82 Å². The lowest BCUT2D eigenvalue weighted by Crippen LogP contribution is -2.52. The van der Waals surface area contributed by atoms with Gasteiger partial charge in [-0.1, -0.05) is 0 Å². The molecule has 0 saturated carbocycles. The standard InChI is InChI=1S/C19H27N5O2/c1-4-20-5-2-15(1)18(19-21-6-7-22-19)23-13-17(16-3-10-26-14-16)24-8-11-25-12-9-24/h1-2,4-7,16-18,23H,3,8-14H2,(H,21,22)/t16-,17-,18-/m0/s1. The van der Waals surface area contributed by atoms with Crippen molar-refractivity contribution >= 4 is 0 Å². The molecule has 2 aromatic rings. The Morgan fingerprint density at radius 1 is 1.15 bits per heavy atom. The number of nitrogens with zero attached hydrogens (tertiary/aromatic N) is 3. The highest BCUT2D eigenvalue weighted by Gasteiger charge is 2.32. The van der Waals surface area contributed by atoms with Crippen LogP contribution in [-0.4, -0.2) is 72.0 Å². The van der Waals surface area contributed by atoms with Crippen molar-refractivity contribution in [3.05, 3.63) is 48.3 Å². The Balaban J connectivity index is 1.50. The molecular formula is C19H27N5O2. The van der Waals surface area contributed by atoms with E-state index in [9.17, 15) is 0 Å². The molecule has 0 radical (unpaired) electrons. The first-order valence-electron chi connectivity index (χ1n) is 9.44. The maximum absolute atomic E-state index is 5.68. The number of ether oxygens (including phenoxy) is 2. The zero-order valence-corrected chi connectivity index (χ0v) is 15.0. The molecule has 2 aliphatic rings. The van der Waals surface area contributed by atoms with E-state index in [0.717, 1.165) is 58.3 Å². The van der Waals surface area contributed by atoms with Crippen LogP contribution in [0.25, 0.3) is 0 Å². The number of hydrogen-bond acceptors (Lipinski definition) is 6. The second-order valence-electron chi connectivity index (χ2n) is 6.94. The maximum Gasteiger partial charge on any atom is 0.127 e. The minimum absolute atomic E-state index is 0.0267. The Morgan fingerprint density at radius 2 is 2.00 bits per heavy atom. The number of hydrogen-bond donors (Lipinski definition) is 2. The number of aromatic nitrogens is 3. The molecule has 7 heteroatoms. The van der Waals surface area contributed by atoms with Gasteiger partial charge in [-0.15, -0.1) is 0 Å². The summed E-state index contributed by atoms with van der Waals surface area (Å²) in [5.74, 6) is 1.50. The van der Waals surface area contributed by atoms with Crippen molar-refractivity contribution in [1.82, 2.24) is 25.2 Å². The van der Waals surface area contributed by atoms with E-state index < -0.39 is 0 Å². The van der Waals surface area contributed by atoms with Gasteiger partial charge in [-0.25, -0.2) is 4.98 Å². The highest BCUT2D eigenvalue weighted by molar-refractivity contribution is 5.22. The summed E-state index contributed by atoms with van der Waals surface area (Å²) in [4.78, 5) is 14.4. The number of nitrogens with one attached hydrogen (secondary N) is 2. The normalized spacial score (nSPS) is 23.8. The highest BCUT2D eigenvalue weighted by Crippen LogP contribution is 2.24. The third-order valence-electron chi connectivity index (χ3n) is 5.39. The molecule has 2 saturated heterocycles. The van der Waals surface area contributed by atoms with E-state index >= 15 is 0 Å². The molecule has 0 spiro atoms. The lowest BCUT2D eigenvalue weighted by Gasteiger charge is -2.38. The minimum atomic E-state index is 0.0267. The highest BCUT2D eigenvalue weighted by atomic mass is 16.5. The average Bonchev–Trinajstić information content (AvgIpc) is 3.41. The van der Waals surface area contributed by atoms with Crippen LogP contribution < -0.4 is 5.32 Å². The summed E-state index contributed by atoms with van der Waals surface area (Å²) >= 11 is 0. The molecule has 4 rings (SSSR count). The van der Waals surface area contributed by atoms with Gasteiger partial charge in [-0.3, -0.25) is 9.88 Å². The molecule has 2 N–H and O–H groups in total. The lowest BCUT2D eigenvalue weighted by molar-refractivity contribution is 0.000998. The maximum atomic E-state index is 5.68. The van der Waals surface area contributed by atoms with E-state index in [1.807, 2.05) is 30.7 Å². The second-order valence-corrected chi connectivity index (χ2v) is 6.94. The topological polar surface area (TPSA) is 75.3 Å². The molecule has 3 atom stereocenters.